The zero-order valence-electron chi connectivity index (χ0n) is 12.8. The van der Waals surface area contributed by atoms with E-state index in [9.17, 15) is 9.59 Å². The number of fused-ring (bicyclic) bond motifs is 1. The van der Waals surface area contributed by atoms with Crippen molar-refractivity contribution in [2.45, 2.75) is 19.8 Å². The van der Waals surface area contributed by atoms with Crippen LogP contribution in [0.15, 0.2) is 46.9 Å². The standard InChI is InChI=1S/C18H17BrN2O2/c1-2-21-16-8-7-15(11-12(16)6-9-17(21)22)20-18(23)13-4-3-5-14(19)10-13/h3-5,7-8,10-11H,2,6,9H2,1H3,(H,20,23). The number of nitrogens with one attached hydrogen (secondary N) is 1. The normalized spacial score (nSPS) is 13.7. The average Bonchev–Trinajstić information content (AvgIpc) is 2.55. The van der Waals surface area contributed by atoms with Crippen molar-refractivity contribution in [1.29, 1.82) is 0 Å². The third-order valence-electron chi connectivity index (χ3n) is 3.94. The molecule has 23 heavy (non-hydrogen) atoms. The highest BCUT2D eigenvalue weighted by molar-refractivity contribution is 9.10. The number of carbonyl (C=O) groups excluding carboxylic acids is 2. The summed E-state index contributed by atoms with van der Waals surface area (Å²) in [5, 5.41) is 2.92. The molecule has 0 aromatic heterocycles. The highest BCUT2D eigenvalue weighted by Crippen LogP contribution is 2.30. The van der Waals surface area contributed by atoms with Gasteiger partial charge in [0.2, 0.25) is 5.91 Å². The number of anilines is 2. The monoisotopic (exact) mass is 372 g/mol. The first kappa shape index (κ1) is 15.7. The molecule has 0 saturated carbocycles. The molecular weight excluding hydrogens is 356 g/mol. The summed E-state index contributed by atoms with van der Waals surface area (Å²) in [6, 6.07) is 13.0. The highest BCUT2D eigenvalue weighted by Gasteiger charge is 2.23. The molecule has 0 unspecified atom stereocenters. The number of hydrogen-bond acceptors (Lipinski definition) is 2. The van der Waals surface area contributed by atoms with E-state index < -0.39 is 0 Å². The minimum atomic E-state index is -0.148. The third kappa shape index (κ3) is 3.29. The van der Waals surface area contributed by atoms with Gasteiger partial charge in [-0.2, -0.15) is 0 Å². The average molecular weight is 373 g/mol. The van der Waals surface area contributed by atoms with E-state index in [1.54, 1.807) is 17.0 Å². The van der Waals surface area contributed by atoms with E-state index in [4.69, 9.17) is 0 Å². The van der Waals surface area contributed by atoms with Crippen LogP contribution in [0.3, 0.4) is 0 Å². The van der Waals surface area contributed by atoms with Gasteiger partial charge in [-0.05, 0) is 55.3 Å². The number of carbonyl (C=O) groups is 2. The lowest BCUT2D eigenvalue weighted by Crippen LogP contribution is -2.34. The van der Waals surface area contributed by atoms with Crippen LogP contribution in [0.1, 0.15) is 29.3 Å². The van der Waals surface area contributed by atoms with E-state index in [-0.39, 0.29) is 11.8 Å². The Morgan fingerprint density at radius 1 is 1.22 bits per heavy atom. The van der Waals surface area contributed by atoms with Crippen LogP contribution in [-0.2, 0) is 11.2 Å². The second-order valence-electron chi connectivity index (χ2n) is 5.45. The molecule has 0 spiro atoms. The smallest absolute Gasteiger partial charge is 0.255 e. The van der Waals surface area contributed by atoms with Gasteiger partial charge in [0.15, 0.2) is 0 Å². The van der Waals surface area contributed by atoms with Gasteiger partial charge in [0.25, 0.3) is 5.91 Å². The quantitative estimate of drug-likeness (QED) is 0.884. The van der Waals surface area contributed by atoms with Crippen molar-refractivity contribution in [3.63, 3.8) is 0 Å². The van der Waals surface area contributed by atoms with Crippen LogP contribution in [0, 0.1) is 0 Å². The van der Waals surface area contributed by atoms with E-state index >= 15 is 0 Å². The Bertz CT molecular complexity index is 773. The van der Waals surface area contributed by atoms with Gasteiger partial charge in [-0.1, -0.05) is 22.0 Å². The molecule has 1 aliphatic rings. The maximum absolute atomic E-state index is 12.3. The summed E-state index contributed by atoms with van der Waals surface area (Å²) in [5.74, 6) is 0.0106. The molecule has 0 radical (unpaired) electrons. The van der Waals surface area contributed by atoms with Crippen molar-refractivity contribution >= 4 is 39.1 Å². The number of halogens is 1. The molecule has 1 aliphatic heterocycles. The van der Waals surface area contributed by atoms with E-state index in [1.807, 2.05) is 37.3 Å². The molecule has 5 heteroatoms. The number of benzene rings is 2. The molecule has 2 amide bonds. The van der Waals surface area contributed by atoms with Crippen molar-refractivity contribution in [2.75, 3.05) is 16.8 Å². The zero-order chi connectivity index (χ0) is 16.4. The molecule has 1 N–H and O–H groups in total. The summed E-state index contributed by atoms with van der Waals surface area (Å²) in [7, 11) is 0. The fourth-order valence-electron chi connectivity index (χ4n) is 2.82. The molecule has 0 atom stereocenters. The number of amides is 2. The first-order chi connectivity index (χ1) is 11.1. The molecule has 0 saturated heterocycles. The Labute approximate surface area is 143 Å². The SMILES string of the molecule is CCN1C(=O)CCc2cc(NC(=O)c3cccc(Br)c3)ccc21. The van der Waals surface area contributed by atoms with Crippen molar-refractivity contribution in [3.05, 3.63) is 58.1 Å². The Hall–Kier alpha value is -2.14. The van der Waals surface area contributed by atoms with Crippen molar-refractivity contribution in [2.24, 2.45) is 0 Å². The van der Waals surface area contributed by atoms with E-state index in [2.05, 4.69) is 21.2 Å². The third-order valence-corrected chi connectivity index (χ3v) is 4.43. The summed E-state index contributed by atoms with van der Waals surface area (Å²) in [4.78, 5) is 26.0. The Kier molecular flexibility index (Phi) is 4.48. The summed E-state index contributed by atoms with van der Waals surface area (Å²) in [6.07, 6.45) is 1.23. The van der Waals surface area contributed by atoms with Crippen LogP contribution in [0.25, 0.3) is 0 Å². The Morgan fingerprint density at radius 2 is 2.04 bits per heavy atom. The van der Waals surface area contributed by atoms with E-state index in [0.29, 0.717) is 24.9 Å². The zero-order valence-corrected chi connectivity index (χ0v) is 14.4. The van der Waals surface area contributed by atoms with Crippen molar-refractivity contribution in [1.82, 2.24) is 0 Å². The molecule has 0 bridgehead atoms. The maximum Gasteiger partial charge on any atom is 0.255 e. The molecular formula is C18H17BrN2O2. The molecule has 2 aromatic rings. The van der Waals surface area contributed by atoms with Crippen LogP contribution >= 0.6 is 15.9 Å². The molecule has 118 valence electrons. The summed E-state index contributed by atoms with van der Waals surface area (Å²) in [6.45, 7) is 2.63. The van der Waals surface area contributed by atoms with Gasteiger partial charge < -0.3 is 10.2 Å². The largest absolute Gasteiger partial charge is 0.322 e. The van der Waals surface area contributed by atoms with Crippen molar-refractivity contribution < 1.29 is 9.59 Å². The molecule has 3 rings (SSSR count). The molecule has 2 aromatic carbocycles. The van der Waals surface area contributed by atoms with E-state index in [1.165, 1.54) is 0 Å². The lowest BCUT2D eigenvalue weighted by Gasteiger charge is -2.28. The predicted molar refractivity (Wildman–Crippen MR) is 94.9 cm³/mol. The van der Waals surface area contributed by atoms with E-state index in [0.717, 1.165) is 21.4 Å². The molecule has 0 aliphatic carbocycles. The second-order valence-corrected chi connectivity index (χ2v) is 6.36. The second kappa shape index (κ2) is 6.54. The van der Waals surface area contributed by atoms with Crippen LogP contribution in [0.4, 0.5) is 11.4 Å². The number of hydrogen-bond donors (Lipinski definition) is 1. The first-order valence-corrected chi connectivity index (χ1v) is 8.38. The number of nitrogens with zero attached hydrogens (tertiary/aromatic N) is 1. The topological polar surface area (TPSA) is 49.4 Å². The fraction of sp³-hybridized carbons (Fsp3) is 0.222. The fourth-order valence-corrected chi connectivity index (χ4v) is 3.22. The number of aryl methyl sites for hydroxylation is 1. The van der Waals surface area contributed by atoms with Crippen LogP contribution in [0.2, 0.25) is 0 Å². The van der Waals surface area contributed by atoms with Gasteiger partial charge in [0.05, 0.1) is 0 Å². The molecule has 0 fully saturated rings. The summed E-state index contributed by atoms with van der Waals surface area (Å²) in [5.41, 5.74) is 3.39. The minimum absolute atomic E-state index is 0.148. The van der Waals surface area contributed by atoms with Crippen LogP contribution < -0.4 is 10.2 Å². The molecule has 1 heterocycles. The van der Waals surface area contributed by atoms with Crippen LogP contribution in [-0.4, -0.2) is 18.4 Å². The lowest BCUT2D eigenvalue weighted by atomic mass is 10.0. The number of rotatable bonds is 3. The van der Waals surface area contributed by atoms with Gasteiger partial charge in [-0.3, -0.25) is 9.59 Å². The maximum atomic E-state index is 12.3. The first-order valence-electron chi connectivity index (χ1n) is 7.58. The summed E-state index contributed by atoms with van der Waals surface area (Å²) < 4.78 is 0.868. The van der Waals surface area contributed by atoms with Gasteiger partial charge in [-0.15, -0.1) is 0 Å². The lowest BCUT2D eigenvalue weighted by molar-refractivity contribution is -0.118. The Morgan fingerprint density at radius 3 is 2.78 bits per heavy atom. The summed E-state index contributed by atoms with van der Waals surface area (Å²) >= 11 is 3.37. The van der Waals surface area contributed by atoms with Gasteiger partial charge in [0, 0.05) is 34.4 Å². The van der Waals surface area contributed by atoms with Crippen LogP contribution in [0.5, 0.6) is 0 Å². The molecule has 4 nitrogen and oxygen atoms in total. The van der Waals surface area contributed by atoms with Crippen molar-refractivity contribution in [3.8, 4) is 0 Å². The van der Waals surface area contributed by atoms with Gasteiger partial charge >= 0.3 is 0 Å². The predicted octanol–water partition coefficient (Wildman–Crippen LogP) is 4.00. The van der Waals surface area contributed by atoms with Gasteiger partial charge in [-0.25, -0.2) is 0 Å². The minimum Gasteiger partial charge on any atom is -0.322 e. The highest BCUT2D eigenvalue weighted by atomic mass is 79.9. The van der Waals surface area contributed by atoms with Gasteiger partial charge in [0.1, 0.15) is 0 Å². The Balaban J connectivity index is 1.82.